The predicted octanol–water partition coefficient (Wildman–Crippen LogP) is 3.26. The van der Waals surface area contributed by atoms with Crippen LogP contribution in [0.15, 0.2) is 47.2 Å². The number of furan rings is 1. The largest absolute Gasteiger partial charge is 0.493 e. The molecule has 0 unspecified atom stereocenters. The van der Waals surface area contributed by atoms with Gasteiger partial charge in [-0.3, -0.25) is 0 Å². The Labute approximate surface area is 157 Å². The molecule has 0 spiro atoms. The van der Waals surface area contributed by atoms with Gasteiger partial charge in [-0.1, -0.05) is 0 Å². The molecule has 4 rings (SSSR count). The van der Waals surface area contributed by atoms with Gasteiger partial charge < -0.3 is 24.1 Å². The van der Waals surface area contributed by atoms with Crippen LogP contribution in [-0.4, -0.2) is 30.7 Å². The zero-order chi connectivity index (χ0) is 18.6. The number of hydrogen-bond acceptors (Lipinski definition) is 7. The lowest BCUT2D eigenvalue weighted by Crippen LogP contribution is -2.32. The third kappa shape index (κ3) is 3.67. The summed E-state index contributed by atoms with van der Waals surface area (Å²) in [6.45, 7) is 2.17. The minimum atomic E-state index is 0.587. The van der Waals surface area contributed by atoms with Crippen molar-refractivity contribution >= 4 is 11.8 Å². The van der Waals surface area contributed by atoms with Gasteiger partial charge in [0, 0.05) is 19.3 Å². The number of rotatable bonds is 6. The van der Waals surface area contributed by atoms with E-state index in [1.54, 1.807) is 26.7 Å². The molecule has 7 nitrogen and oxygen atoms in total. The molecule has 0 atom stereocenters. The van der Waals surface area contributed by atoms with Crippen LogP contribution in [0.4, 0.5) is 11.8 Å². The van der Waals surface area contributed by atoms with Crippen molar-refractivity contribution in [2.24, 2.45) is 0 Å². The molecule has 0 radical (unpaired) electrons. The van der Waals surface area contributed by atoms with Crippen LogP contribution in [0.25, 0.3) is 0 Å². The number of nitrogens with one attached hydrogen (secondary N) is 1. The summed E-state index contributed by atoms with van der Waals surface area (Å²) in [6, 6.07) is 9.76. The summed E-state index contributed by atoms with van der Waals surface area (Å²) in [7, 11) is 3.32. The molecule has 0 aliphatic carbocycles. The van der Waals surface area contributed by atoms with Crippen LogP contribution < -0.4 is 19.7 Å². The standard InChI is InChI=1S/C20H22N4O3/c1-25-17-10-14-6-8-24(13-15(14)11-18(17)26-2)20-21-7-5-19(23-20)22-12-16-4-3-9-27-16/h3-5,7,9-11H,6,8,12-13H2,1-2H3,(H,21,22,23). The summed E-state index contributed by atoms with van der Waals surface area (Å²) in [4.78, 5) is 11.3. The molecule has 0 saturated carbocycles. The second-order valence-electron chi connectivity index (χ2n) is 6.32. The van der Waals surface area contributed by atoms with Gasteiger partial charge in [0.1, 0.15) is 11.6 Å². The van der Waals surface area contributed by atoms with Crippen molar-refractivity contribution in [1.82, 2.24) is 9.97 Å². The van der Waals surface area contributed by atoms with Crippen molar-refractivity contribution in [3.63, 3.8) is 0 Å². The third-order valence-corrected chi connectivity index (χ3v) is 4.67. The van der Waals surface area contributed by atoms with Crippen LogP contribution in [0.5, 0.6) is 11.5 Å². The number of fused-ring (bicyclic) bond motifs is 1. The summed E-state index contributed by atoms with van der Waals surface area (Å²) >= 11 is 0. The molecule has 0 saturated heterocycles. The Morgan fingerprint density at radius 1 is 1.15 bits per heavy atom. The second kappa shape index (κ2) is 7.57. The van der Waals surface area contributed by atoms with E-state index in [4.69, 9.17) is 13.9 Å². The van der Waals surface area contributed by atoms with E-state index in [9.17, 15) is 0 Å². The maximum absolute atomic E-state index is 5.44. The Morgan fingerprint density at radius 2 is 1.96 bits per heavy atom. The van der Waals surface area contributed by atoms with Gasteiger partial charge in [-0.05, 0) is 47.9 Å². The fourth-order valence-electron chi connectivity index (χ4n) is 3.24. The molecule has 1 aromatic carbocycles. The van der Waals surface area contributed by atoms with Gasteiger partial charge in [-0.25, -0.2) is 4.98 Å². The molecule has 0 bridgehead atoms. The van der Waals surface area contributed by atoms with Crippen molar-refractivity contribution < 1.29 is 13.9 Å². The molecule has 3 heterocycles. The normalized spacial score (nSPS) is 13.2. The lowest BCUT2D eigenvalue weighted by Gasteiger charge is -2.29. The minimum absolute atomic E-state index is 0.587. The lowest BCUT2D eigenvalue weighted by molar-refractivity contribution is 0.353. The van der Waals surface area contributed by atoms with E-state index in [2.05, 4.69) is 26.3 Å². The third-order valence-electron chi connectivity index (χ3n) is 4.67. The van der Waals surface area contributed by atoms with Gasteiger partial charge in [-0.2, -0.15) is 4.98 Å². The highest BCUT2D eigenvalue weighted by molar-refractivity contribution is 5.51. The highest BCUT2D eigenvalue weighted by Crippen LogP contribution is 2.33. The molecule has 2 aromatic heterocycles. The van der Waals surface area contributed by atoms with E-state index in [1.165, 1.54) is 11.1 Å². The van der Waals surface area contributed by atoms with Crippen LogP contribution in [0.3, 0.4) is 0 Å². The number of anilines is 2. The zero-order valence-electron chi connectivity index (χ0n) is 15.4. The van der Waals surface area contributed by atoms with Crippen LogP contribution in [0, 0.1) is 0 Å². The van der Waals surface area contributed by atoms with Crippen LogP contribution in [-0.2, 0) is 19.5 Å². The quantitative estimate of drug-likeness (QED) is 0.718. The first-order valence-corrected chi connectivity index (χ1v) is 8.85. The number of nitrogens with zero attached hydrogens (tertiary/aromatic N) is 3. The average molecular weight is 366 g/mol. The van der Waals surface area contributed by atoms with Gasteiger partial charge in [-0.15, -0.1) is 0 Å². The number of hydrogen-bond donors (Lipinski definition) is 1. The average Bonchev–Trinajstić information content (AvgIpc) is 3.24. The van der Waals surface area contributed by atoms with Crippen molar-refractivity contribution in [2.75, 3.05) is 31.0 Å². The molecule has 3 aromatic rings. The molecule has 0 fully saturated rings. The van der Waals surface area contributed by atoms with Gasteiger partial charge >= 0.3 is 0 Å². The van der Waals surface area contributed by atoms with Crippen molar-refractivity contribution in [2.45, 2.75) is 19.5 Å². The summed E-state index contributed by atoms with van der Waals surface area (Å²) in [6.07, 6.45) is 4.34. The Kier molecular flexibility index (Phi) is 4.82. The van der Waals surface area contributed by atoms with Crippen molar-refractivity contribution in [1.29, 1.82) is 0 Å². The van der Waals surface area contributed by atoms with Gasteiger partial charge in [0.05, 0.1) is 27.0 Å². The molecule has 1 aliphatic rings. The molecule has 0 amide bonds. The molecular formula is C20H22N4O3. The van der Waals surface area contributed by atoms with E-state index >= 15 is 0 Å². The van der Waals surface area contributed by atoms with E-state index < -0.39 is 0 Å². The van der Waals surface area contributed by atoms with Gasteiger partial charge in [0.15, 0.2) is 11.5 Å². The Balaban J connectivity index is 1.51. The maximum Gasteiger partial charge on any atom is 0.227 e. The fraction of sp³-hybridized carbons (Fsp3) is 0.300. The second-order valence-corrected chi connectivity index (χ2v) is 6.32. The molecular weight excluding hydrogens is 344 g/mol. The SMILES string of the molecule is COc1cc2c(cc1OC)CN(c1nccc(NCc3ccco3)n1)CC2. The van der Waals surface area contributed by atoms with Crippen LogP contribution >= 0.6 is 0 Å². The minimum Gasteiger partial charge on any atom is -0.493 e. The topological polar surface area (TPSA) is 72.7 Å². The number of benzene rings is 1. The summed E-state index contributed by atoms with van der Waals surface area (Å²) in [5, 5.41) is 3.27. The van der Waals surface area contributed by atoms with E-state index in [0.29, 0.717) is 12.5 Å². The predicted molar refractivity (Wildman–Crippen MR) is 102 cm³/mol. The zero-order valence-corrected chi connectivity index (χ0v) is 15.4. The summed E-state index contributed by atoms with van der Waals surface area (Å²) in [5.41, 5.74) is 2.48. The first-order chi connectivity index (χ1) is 13.3. The fourth-order valence-corrected chi connectivity index (χ4v) is 3.24. The van der Waals surface area contributed by atoms with Gasteiger partial charge in [0.2, 0.25) is 5.95 Å². The van der Waals surface area contributed by atoms with Crippen LogP contribution in [0.1, 0.15) is 16.9 Å². The highest BCUT2D eigenvalue weighted by Gasteiger charge is 2.21. The van der Waals surface area contributed by atoms with Crippen LogP contribution in [0.2, 0.25) is 0 Å². The Bertz CT molecular complexity index is 912. The summed E-state index contributed by atoms with van der Waals surface area (Å²) < 4.78 is 16.2. The molecule has 27 heavy (non-hydrogen) atoms. The Hall–Kier alpha value is -3.22. The highest BCUT2D eigenvalue weighted by atomic mass is 16.5. The Morgan fingerprint density at radius 3 is 2.70 bits per heavy atom. The first kappa shape index (κ1) is 17.2. The lowest BCUT2D eigenvalue weighted by atomic mass is 9.99. The summed E-state index contributed by atoms with van der Waals surface area (Å²) in [5.74, 6) is 3.86. The monoisotopic (exact) mass is 366 g/mol. The molecule has 7 heteroatoms. The van der Waals surface area contributed by atoms with Gasteiger partial charge in [0.25, 0.3) is 0 Å². The number of methoxy groups -OCH3 is 2. The first-order valence-electron chi connectivity index (χ1n) is 8.85. The maximum atomic E-state index is 5.44. The van der Waals surface area contributed by atoms with E-state index in [1.807, 2.05) is 24.3 Å². The van der Waals surface area contributed by atoms with E-state index in [0.717, 1.165) is 42.6 Å². The number of ether oxygens (including phenoxy) is 2. The number of aromatic nitrogens is 2. The van der Waals surface area contributed by atoms with E-state index in [-0.39, 0.29) is 0 Å². The molecule has 1 N–H and O–H groups in total. The molecule has 1 aliphatic heterocycles. The van der Waals surface area contributed by atoms with Crippen molar-refractivity contribution in [3.8, 4) is 11.5 Å². The van der Waals surface area contributed by atoms with Crippen molar-refractivity contribution in [3.05, 3.63) is 59.7 Å². The smallest absolute Gasteiger partial charge is 0.227 e. The molecule has 140 valence electrons.